The summed E-state index contributed by atoms with van der Waals surface area (Å²) < 4.78 is 10.9. The Morgan fingerprint density at radius 3 is 2.29 bits per heavy atom. The first-order valence-corrected chi connectivity index (χ1v) is 16.4. The van der Waals surface area contributed by atoms with Crippen molar-refractivity contribution in [1.82, 2.24) is 9.80 Å². The third-order valence-electron chi connectivity index (χ3n) is 8.59. The van der Waals surface area contributed by atoms with Crippen molar-refractivity contribution in [2.75, 3.05) is 50.1 Å². The minimum atomic E-state index is -0.677. The normalized spacial score (nSPS) is 17.5. The minimum Gasteiger partial charge on any atom is -0.497 e. The second-order valence-corrected chi connectivity index (χ2v) is 12.2. The Morgan fingerprint density at radius 2 is 1.62 bits per heavy atom. The highest BCUT2D eigenvalue weighted by molar-refractivity contribution is 7.80. The molecule has 0 unspecified atom stereocenters. The molecule has 238 valence electrons. The van der Waals surface area contributed by atoms with Crippen LogP contribution in [0.5, 0.6) is 11.5 Å². The molecule has 3 aromatic carbocycles. The van der Waals surface area contributed by atoms with Gasteiger partial charge >= 0.3 is 0 Å². The summed E-state index contributed by atoms with van der Waals surface area (Å²) >= 11 is 5.88. The van der Waals surface area contributed by atoms with Gasteiger partial charge in [-0.05, 0) is 124 Å². The molecule has 0 spiro atoms. The molecule has 9 heteroatoms. The van der Waals surface area contributed by atoms with E-state index in [0.717, 1.165) is 44.6 Å². The summed E-state index contributed by atoms with van der Waals surface area (Å²) in [6.45, 7) is 6.38. The van der Waals surface area contributed by atoms with E-state index in [9.17, 15) is 9.59 Å². The van der Waals surface area contributed by atoms with E-state index >= 15 is 0 Å². The number of thiocarbonyl (C=S) groups is 1. The molecule has 0 radical (unpaired) electrons. The zero-order chi connectivity index (χ0) is 31.6. The number of nitrogens with zero attached hydrogens (tertiary/aromatic N) is 3. The van der Waals surface area contributed by atoms with Crippen molar-refractivity contribution in [2.24, 2.45) is 5.92 Å². The van der Waals surface area contributed by atoms with Gasteiger partial charge in [-0.3, -0.25) is 14.5 Å². The van der Waals surface area contributed by atoms with Crippen LogP contribution < -0.4 is 19.7 Å². The number of carbonyl (C=O) groups is 2. The van der Waals surface area contributed by atoms with E-state index in [1.807, 2.05) is 53.4 Å². The van der Waals surface area contributed by atoms with Crippen molar-refractivity contribution < 1.29 is 19.1 Å². The van der Waals surface area contributed by atoms with Gasteiger partial charge in [-0.25, -0.2) is 0 Å². The molecule has 1 N–H and O–H groups in total. The van der Waals surface area contributed by atoms with Gasteiger partial charge in [0.1, 0.15) is 17.5 Å². The lowest BCUT2D eigenvalue weighted by Gasteiger charge is -2.33. The number of amides is 2. The van der Waals surface area contributed by atoms with Gasteiger partial charge in [0.15, 0.2) is 5.11 Å². The maximum Gasteiger partial charge on any atom is 0.256 e. The number of hydrogen-bond acceptors (Lipinski definition) is 6. The lowest BCUT2D eigenvalue weighted by Crippen LogP contribution is -2.40. The first-order valence-electron chi connectivity index (χ1n) is 16.0. The highest BCUT2D eigenvalue weighted by Gasteiger charge is 2.44. The number of anilines is 2. The predicted octanol–water partition coefficient (Wildman–Crippen LogP) is 6.16. The van der Waals surface area contributed by atoms with Crippen LogP contribution >= 0.6 is 12.2 Å². The number of ether oxygens (including phenoxy) is 2. The Morgan fingerprint density at radius 1 is 0.933 bits per heavy atom. The lowest BCUT2D eigenvalue weighted by atomic mass is 9.90. The molecular formula is C36H44N4O4S. The van der Waals surface area contributed by atoms with Crippen LogP contribution in [0.3, 0.4) is 0 Å². The third-order valence-corrected chi connectivity index (χ3v) is 9.00. The molecule has 2 heterocycles. The maximum atomic E-state index is 13.8. The second-order valence-electron chi connectivity index (χ2n) is 11.8. The minimum absolute atomic E-state index is 0.00456. The molecule has 0 bridgehead atoms. The first-order chi connectivity index (χ1) is 21.9. The van der Waals surface area contributed by atoms with Crippen molar-refractivity contribution in [1.29, 1.82) is 0 Å². The number of methoxy groups -OCH3 is 1. The monoisotopic (exact) mass is 628 g/mol. The summed E-state index contributed by atoms with van der Waals surface area (Å²) in [6.07, 6.45) is 5.30. The van der Waals surface area contributed by atoms with E-state index in [2.05, 4.69) is 47.5 Å². The summed E-state index contributed by atoms with van der Waals surface area (Å²) in [7, 11) is 1.61. The number of carbonyl (C=O) groups excluding carboxylic acids is 2. The molecule has 0 saturated carbocycles. The van der Waals surface area contributed by atoms with E-state index in [4.69, 9.17) is 21.7 Å². The molecule has 2 aliphatic rings. The molecule has 45 heavy (non-hydrogen) atoms. The van der Waals surface area contributed by atoms with Crippen LogP contribution in [0, 0.1) is 5.92 Å². The molecular weight excluding hydrogens is 584 g/mol. The van der Waals surface area contributed by atoms with Gasteiger partial charge in [-0.1, -0.05) is 37.3 Å². The SMILES string of the molecule is CCCOc1ccc(NC(=O)C[C@H]2C(=O)N(c3ccc(OC)cc3)C(=S)N2CCCN2CCC(Cc3ccccc3)CC2)cc1. The second kappa shape index (κ2) is 15.9. The fourth-order valence-corrected chi connectivity index (χ4v) is 6.54. The number of rotatable bonds is 14. The van der Waals surface area contributed by atoms with Gasteiger partial charge in [-0.15, -0.1) is 0 Å². The number of likely N-dealkylation sites (tertiary alicyclic amines) is 1. The van der Waals surface area contributed by atoms with Gasteiger partial charge in [0.05, 0.1) is 25.8 Å². The Balaban J connectivity index is 1.20. The molecule has 0 aromatic heterocycles. The Bertz CT molecular complexity index is 1410. The molecule has 5 rings (SSSR count). The fraction of sp³-hybridized carbons (Fsp3) is 0.417. The van der Waals surface area contributed by atoms with E-state index in [1.54, 1.807) is 12.0 Å². The smallest absolute Gasteiger partial charge is 0.256 e. The van der Waals surface area contributed by atoms with Crippen LogP contribution in [-0.2, 0) is 16.0 Å². The summed E-state index contributed by atoms with van der Waals surface area (Å²) in [4.78, 5) is 33.1. The summed E-state index contributed by atoms with van der Waals surface area (Å²) in [6, 6.07) is 24.6. The number of piperidine rings is 1. The van der Waals surface area contributed by atoms with Crippen LogP contribution in [0.25, 0.3) is 0 Å². The molecule has 1 atom stereocenters. The molecule has 8 nitrogen and oxygen atoms in total. The molecule has 0 aliphatic carbocycles. The van der Waals surface area contributed by atoms with Gasteiger partial charge in [0.2, 0.25) is 5.91 Å². The van der Waals surface area contributed by atoms with E-state index in [-0.39, 0.29) is 18.2 Å². The van der Waals surface area contributed by atoms with Crippen LogP contribution in [-0.4, -0.2) is 72.7 Å². The molecule has 3 aromatic rings. The van der Waals surface area contributed by atoms with Crippen LogP contribution in [0.4, 0.5) is 11.4 Å². The Kier molecular flexibility index (Phi) is 11.4. The number of hydrogen-bond donors (Lipinski definition) is 1. The summed E-state index contributed by atoms with van der Waals surface area (Å²) in [5.41, 5.74) is 2.74. The van der Waals surface area contributed by atoms with Crippen LogP contribution in [0.2, 0.25) is 0 Å². The molecule has 2 aliphatic heterocycles. The average Bonchev–Trinajstić information content (AvgIpc) is 3.29. The lowest BCUT2D eigenvalue weighted by molar-refractivity contribution is -0.124. The van der Waals surface area contributed by atoms with E-state index in [0.29, 0.717) is 41.3 Å². The largest absolute Gasteiger partial charge is 0.497 e. The van der Waals surface area contributed by atoms with Gasteiger partial charge in [-0.2, -0.15) is 0 Å². The van der Waals surface area contributed by atoms with E-state index < -0.39 is 6.04 Å². The quantitative estimate of drug-likeness (QED) is 0.215. The first kappa shape index (κ1) is 32.4. The molecule has 2 saturated heterocycles. The highest BCUT2D eigenvalue weighted by atomic mass is 32.1. The standard InChI is InChI=1S/C36H44N4O4S/c1-3-24-44-32-14-10-29(11-15-32)37-34(41)26-33-35(42)40(30-12-16-31(43-2)17-13-30)36(45)39(33)21-7-20-38-22-18-28(19-23-38)25-27-8-5-4-6-9-27/h4-6,8-17,28,33H,3,7,18-26H2,1-2H3,(H,37,41)/t33-/m0/s1. The zero-order valence-electron chi connectivity index (χ0n) is 26.3. The highest BCUT2D eigenvalue weighted by Crippen LogP contribution is 2.30. The van der Waals surface area contributed by atoms with Crippen LogP contribution in [0.15, 0.2) is 78.9 Å². The predicted molar refractivity (Wildman–Crippen MR) is 183 cm³/mol. The third kappa shape index (κ3) is 8.61. The van der Waals surface area contributed by atoms with Crippen molar-refractivity contribution in [3.05, 3.63) is 84.4 Å². The average molecular weight is 629 g/mol. The maximum absolute atomic E-state index is 13.8. The Hall–Kier alpha value is -3.95. The van der Waals surface area contributed by atoms with Gasteiger partial charge < -0.3 is 24.6 Å². The summed E-state index contributed by atoms with van der Waals surface area (Å²) in [5, 5.41) is 3.38. The van der Waals surface area contributed by atoms with Crippen molar-refractivity contribution >= 4 is 40.5 Å². The van der Waals surface area contributed by atoms with E-state index in [1.165, 1.54) is 18.4 Å². The number of benzene rings is 3. The van der Waals surface area contributed by atoms with Crippen molar-refractivity contribution in [3.63, 3.8) is 0 Å². The Labute approximate surface area is 272 Å². The van der Waals surface area contributed by atoms with Crippen molar-refractivity contribution in [3.8, 4) is 11.5 Å². The van der Waals surface area contributed by atoms with Gasteiger partial charge in [0, 0.05) is 12.2 Å². The zero-order valence-corrected chi connectivity index (χ0v) is 27.1. The van der Waals surface area contributed by atoms with Crippen LogP contribution in [0.1, 0.15) is 44.6 Å². The van der Waals surface area contributed by atoms with Gasteiger partial charge in [0.25, 0.3) is 5.91 Å². The summed E-state index contributed by atoms with van der Waals surface area (Å²) in [5.74, 6) is 1.75. The molecule has 2 amide bonds. The number of nitrogens with one attached hydrogen (secondary N) is 1. The van der Waals surface area contributed by atoms with Crippen molar-refractivity contribution in [2.45, 2.75) is 51.5 Å². The fourth-order valence-electron chi connectivity index (χ4n) is 6.12. The topological polar surface area (TPSA) is 74.3 Å². The molecule has 2 fully saturated rings.